The Morgan fingerprint density at radius 1 is 0.976 bits per heavy atom. The summed E-state index contributed by atoms with van der Waals surface area (Å²) in [5.41, 5.74) is 0.595. The van der Waals surface area contributed by atoms with Gasteiger partial charge in [0, 0.05) is 5.92 Å². The molecule has 0 unspecified atom stereocenters. The molecular formula is C27H42O13S2. The van der Waals surface area contributed by atoms with E-state index < -0.39 is 69.1 Å². The van der Waals surface area contributed by atoms with Gasteiger partial charge in [-0.1, -0.05) is 25.5 Å². The Hall–Kier alpha value is -1.01. The number of carbonyl (C=O) groups excluding carboxylic acids is 1. The van der Waals surface area contributed by atoms with Gasteiger partial charge in [-0.2, -0.15) is 16.8 Å². The maximum atomic E-state index is 12.6. The molecule has 13 atom stereocenters. The second-order valence-electron chi connectivity index (χ2n) is 13.4. The van der Waals surface area contributed by atoms with Crippen molar-refractivity contribution >= 4 is 26.6 Å². The smallest absolute Gasteiger partial charge is 0.387 e. The fourth-order valence-electron chi connectivity index (χ4n) is 9.15. The molecule has 1 heterocycles. The Morgan fingerprint density at radius 2 is 1.64 bits per heavy atom. The van der Waals surface area contributed by atoms with E-state index in [0.29, 0.717) is 19.3 Å². The van der Waals surface area contributed by atoms with Crippen molar-refractivity contribution in [2.75, 3.05) is 0 Å². The molecule has 1 aliphatic heterocycles. The van der Waals surface area contributed by atoms with E-state index in [-0.39, 0.29) is 41.3 Å². The van der Waals surface area contributed by atoms with Gasteiger partial charge in [-0.05, 0) is 87.4 Å². The summed E-state index contributed by atoms with van der Waals surface area (Å²) in [5, 5.41) is 21.6. The lowest BCUT2D eigenvalue weighted by molar-refractivity contribution is -0.312. The molecule has 5 aliphatic rings. The molecule has 0 amide bonds. The predicted octanol–water partition coefficient (Wildman–Crippen LogP) is 1.99. The maximum absolute atomic E-state index is 12.6. The minimum Gasteiger partial charge on any atom is -0.387 e. The molecular weight excluding hydrogens is 596 g/mol. The summed E-state index contributed by atoms with van der Waals surface area (Å²) in [7, 11) is -9.64. The third kappa shape index (κ3) is 5.86. The quantitative estimate of drug-likeness (QED) is 0.233. The first-order chi connectivity index (χ1) is 19.3. The molecule has 0 spiro atoms. The summed E-state index contributed by atoms with van der Waals surface area (Å²) < 4.78 is 85.9. The zero-order valence-electron chi connectivity index (χ0n) is 24.2. The van der Waals surface area contributed by atoms with E-state index in [1.165, 1.54) is 12.5 Å². The van der Waals surface area contributed by atoms with E-state index in [9.17, 15) is 36.4 Å². The minimum absolute atomic E-state index is 0.0525. The average Bonchev–Trinajstić information content (AvgIpc) is 3.22. The molecule has 1 saturated heterocycles. The predicted molar refractivity (Wildman–Crippen MR) is 145 cm³/mol. The van der Waals surface area contributed by atoms with Gasteiger partial charge in [-0.3, -0.25) is 13.9 Å². The van der Waals surface area contributed by atoms with Crippen molar-refractivity contribution in [1.82, 2.24) is 0 Å². The van der Waals surface area contributed by atoms with Crippen molar-refractivity contribution < 1.29 is 58.8 Å². The van der Waals surface area contributed by atoms with E-state index >= 15 is 0 Å². The zero-order valence-corrected chi connectivity index (χ0v) is 25.8. The number of ketones is 1. The van der Waals surface area contributed by atoms with Crippen LogP contribution in [0.3, 0.4) is 0 Å². The number of ether oxygens (including phenoxy) is 2. The van der Waals surface area contributed by atoms with E-state index in [4.69, 9.17) is 18.2 Å². The van der Waals surface area contributed by atoms with Gasteiger partial charge in [-0.25, -0.2) is 8.37 Å². The number of rotatable bonds is 7. The third-order valence-electron chi connectivity index (χ3n) is 11.0. The fourth-order valence-corrected chi connectivity index (χ4v) is 10.2. The van der Waals surface area contributed by atoms with E-state index in [1.54, 1.807) is 6.92 Å². The van der Waals surface area contributed by atoms with E-state index in [1.807, 2.05) is 0 Å². The molecule has 3 saturated carbocycles. The highest BCUT2D eigenvalue weighted by atomic mass is 32.3. The SMILES string of the molecule is CC(=O)[C@H]1CC[C@H]2[C@@H]3C[C@H](O[C@@H]4O[C@H](C)[C@@H](OS(=O)(=O)O)[C@H](O)[C@H]4O)[C@@H]4C[C@@H](OS(=O)(=O)O)CC[C@]4(C)C3=CC[C@]12C. The van der Waals surface area contributed by atoms with Crippen LogP contribution < -0.4 is 0 Å². The molecule has 0 aromatic heterocycles. The van der Waals surface area contributed by atoms with Crippen LogP contribution in [0.25, 0.3) is 0 Å². The average molecular weight is 639 g/mol. The molecule has 240 valence electrons. The highest BCUT2D eigenvalue weighted by Crippen LogP contribution is 2.66. The lowest BCUT2D eigenvalue weighted by atomic mass is 9.48. The standard InChI is InChI=1S/C27H42O13S2/c1-13(28)17-5-6-18-16-12-21(38-25-23(30)22(29)24(14(2)37-25)40-42(34,35)36)20-11-15(39-41(31,32)33)7-9-27(20,4)19(16)8-10-26(17,18)3/h8,14-18,20-25,29-30H,5-7,9-12H2,1-4H3,(H,31,32,33)(H,34,35,36)/t14-,15+,16+,17-,18+,20+,21+,22-,23-,24-,25+,26-,27-/m1/s1. The molecule has 0 radical (unpaired) electrons. The highest BCUT2D eigenvalue weighted by molar-refractivity contribution is 7.81. The molecule has 0 aromatic rings. The van der Waals surface area contributed by atoms with Gasteiger partial charge in [0.05, 0.1) is 18.3 Å². The Labute approximate surface area is 246 Å². The Balaban J connectivity index is 1.46. The summed E-state index contributed by atoms with van der Waals surface area (Å²) >= 11 is 0. The van der Waals surface area contributed by atoms with Crippen molar-refractivity contribution in [2.24, 2.45) is 34.5 Å². The molecule has 4 aliphatic carbocycles. The number of aliphatic hydroxyl groups is 2. The summed E-state index contributed by atoms with van der Waals surface area (Å²) in [4.78, 5) is 12.6. The van der Waals surface area contributed by atoms with Crippen molar-refractivity contribution in [3.05, 3.63) is 11.6 Å². The number of aliphatic hydroxyl groups excluding tert-OH is 2. The van der Waals surface area contributed by atoms with Crippen LogP contribution in [0.4, 0.5) is 0 Å². The fraction of sp³-hybridized carbons (Fsp3) is 0.889. The van der Waals surface area contributed by atoms with Crippen molar-refractivity contribution in [2.45, 2.75) is 116 Å². The van der Waals surface area contributed by atoms with Crippen LogP contribution in [0.2, 0.25) is 0 Å². The van der Waals surface area contributed by atoms with E-state index in [0.717, 1.165) is 19.3 Å². The molecule has 0 aromatic carbocycles. The zero-order chi connectivity index (χ0) is 31.0. The first kappa shape index (κ1) is 32.4. The largest absolute Gasteiger partial charge is 0.397 e. The Kier molecular flexibility index (Phi) is 8.56. The summed E-state index contributed by atoms with van der Waals surface area (Å²) in [6.45, 7) is 7.34. The van der Waals surface area contributed by atoms with Crippen LogP contribution in [0, 0.1) is 34.5 Å². The second kappa shape index (κ2) is 11.1. The first-order valence-corrected chi connectivity index (χ1v) is 17.3. The van der Waals surface area contributed by atoms with Crippen LogP contribution in [-0.4, -0.2) is 84.9 Å². The lowest BCUT2D eigenvalue weighted by Gasteiger charge is -2.59. The first-order valence-electron chi connectivity index (χ1n) is 14.5. The molecule has 42 heavy (non-hydrogen) atoms. The number of carbonyl (C=O) groups is 1. The van der Waals surface area contributed by atoms with Gasteiger partial charge < -0.3 is 19.7 Å². The second-order valence-corrected chi connectivity index (χ2v) is 15.5. The summed E-state index contributed by atoms with van der Waals surface area (Å²) in [6.07, 6.45) is -2.61. The topological polar surface area (TPSA) is 203 Å². The molecule has 4 fully saturated rings. The van der Waals surface area contributed by atoms with Crippen LogP contribution in [-0.2, 0) is 43.4 Å². The number of allylic oxidation sites excluding steroid dienone is 2. The van der Waals surface area contributed by atoms with Gasteiger partial charge in [0.2, 0.25) is 0 Å². The van der Waals surface area contributed by atoms with E-state index in [2.05, 4.69) is 24.1 Å². The van der Waals surface area contributed by atoms with Crippen molar-refractivity contribution in [3.63, 3.8) is 0 Å². The van der Waals surface area contributed by atoms with Gasteiger partial charge in [-0.15, -0.1) is 0 Å². The van der Waals surface area contributed by atoms with Gasteiger partial charge in [0.1, 0.15) is 24.1 Å². The maximum Gasteiger partial charge on any atom is 0.397 e. The monoisotopic (exact) mass is 638 g/mol. The molecule has 4 N–H and O–H groups in total. The number of Topliss-reactive ketones (excluding diaryl/α,β-unsaturated/α-hetero) is 1. The van der Waals surface area contributed by atoms with Crippen molar-refractivity contribution in [1.29, 1.82) is 0 Å². The molecule has 15 heteroatoms. The molecule has 5 rings (SSSR count). The highest BCUT2D eigenvalue weighted by Gasteiger charge is 2.61. The number of hydrogen-bond acceptors (Lipinski definition) is 11. The Morgan fingerprint density at radius 3 is 2.26 bits per heavy atom. The Bertz CT molecular complexity index is 1310. The van der Waals surface area contributed by atoms with Crippen LogP contribution in [0.1, 0.15) is 72.6 Å². The van der Waals surface area contributed by atoms with Crippen LogP contribution in [0.15, 0.2) is 11.6 Å². The van der Waals surface area contributed by atoms with Crippen LogP contribution in [0.5, 0.6) is 0 Å². The summed E-state index contributed by atoms with van der Waals surface area (Å²) in [6, 6.07) is 0. The number of fused-ring (bicyclic) bond motifs is 5. The summed E-state index contributed by atoms with van der Waals surface area (Å²) in [5.74, 6) is 0.0671. The lowest BCUT2D eigenvalue weighted by Crippen LogP contribution is -2.61. The van der Waals surface area contributed by atoms with Crippen LogP contribution >= 0.6 is 0 Å². The van der Waals surface area contributed by atoms with Gasteiger partial charge >= 0.3 is 20.8 Å². The van der Waals surface area contributed by atoms with Crippen molar-refractivity contribution in [3.8, 4) is 0 Å². The minimum atomic E-state index is -4.95. The third-order valence-corrected chi connectivity index (χ3v) is 12.0. The van der Waals surface area contributed by atoms with Gasteiger partial charge in [0.25, 0.3) is 0 Å². The van der Waals surface area contributed by atoms with Gasteiger partial charge in [0.15, 0.2) is 6.29 Å². The number of hydrogen-bond donors (Lipinski definition) is 4. The molecule has 0 bridgehead atoms. The normalized spacial score (nSPS) is 47.6. The molecule has 13 nitrogen and oxygen atoms in total.